The second-order valence-electron chi connectivity index (χ2n) is 6.14. The van der Waals surface area contributed by atoms with E-state index in [1.807, 2.05) is 4.98 Å². The van der Waals surface area contributed by atoms with Gasteiger partial charge in [0.15, 0.2) is 6.23 Å². The number of halogens is 1. The predicted molar refractivity (Wildman–Crippen MR) is 92.1 cm³/mol. The number of ether oxygens (including phenoxy) is 3. The van der Waals surface area contributed by atoms with Crippen molar-refractivity contribution in [2.24, 2.45) is 0 Å². The summed E-state index contributed by atoms with van der Waals surface area (Å²) in [5, 5.41) is 0. The van der Waals surface area contributed by atoms with E-state index in [0.717, 1.165) is 4.57 Å². The Morgan fingerprint density at radius 3 is 2.68 bits per heavy atom. The van der Waals surface area contributed by atoms with Crippen LogP contribution in [0.1, 0.15) is 29.9 Å². The van der Waals surface area contributed by atoms with Crippen LogP contribution < -0.4 is 11.2 Å². The van der Waals surface area contributed by atoms with Crippen LogP contribution in [-0.2, 0) is 19.0 Å². The molecule has 3 atom stereocenters. The molecule has 148 valence electrons. The first-order chi connectivity index (χ1) is 13.3. The van der Waals surface area contributed by atoms with Crippen molar-refractivity contribution in [1.29, 1.82) is 0 Å². The summed E-state index contributed by atoms with van der Waals surface area (Å²) in [6, 6.07) is 8.31. The average Bonchev–Trinajstić information content (AvgIpc) is 3.05. The van der Waals surface area contributed by atoms with Crippen molar-refractivity contribution < 1.29 is 28.2 Å². The minimum absolute atomic E-state index is 0.111. The van der Waals surface area contributed by atoms with Gasteiger partial charge in [-0.1, -0.05) is 18.2 Å². The number of hydrogen-bond acceptors (Lipinski definition) is 7. The van der Waals surface area contributed by atoms with E-state index in [-0.39, 0.29) is 13.0 Å². The van der Waals surface area contributed by atoms with Gasteiger partial charge >= 0.3 is 17.6 Å². The second-order valence-corrected chi connectivity index (χ2v) is 6.14. The van der Waals surface area contributed by atoms with Crippen molar-refractivity contribution in [2.75, 3.05) is 6.61 Å². The molecule has 1 aliphatic heterocycles. The van der Waals surface area contributed by atoms with Crippen molar-refractivity contribution in [1.82, 2.24) is 9.55 Å². The van der Waals surface area contributed by atoms with Crippen LogP contribution in [-0.4, -0.2) is 40.3 Å². The van der Waals surface area contributed by atoms with Crippen LogP contribution in [0, 0.1) is 5.82 Å². The van der Waals surface area contributed by atoms with Gasteiger partial charge in [-0.05, 0) is 12.1 Å². The van der Waals surface area contributed by atoms with E-state index in [2.05, 4.69) is 0 Å². The molecule has 2 aromatic rings. The van der Waals surface area contributed by atoms with Crippen molar-refractivity contribution in [3.05, 3.63) is 68.7 Å². The smallest absolute Gasteiger partial charge is 0.338 e. The van der Waals surface area contributed by atoms with Crippen LogP contribution in [0.3, 0.4) is 0 Å². The Morgan fingerprint density at radius 1 is 1.29 bits per heavy atom. The summed E-state index contributed by atoms with van der Waals surface area (Å²) in [4.78, 5) is 48.4. The van der Waals surface area contributed by atoms with Crippen LogP contribution >= 0.6 is 0 Å². The summed E-state index contributed by atoms with van der Waals surface area (Å²) in [5.41, 5.74) is -1.74. The normalized spacial score (nSPS) is 21.3. The molecular formula is C18H17FN2O7. The molecule has 3 rings (SSSR count). The Labute approximate surface area is 157 Å². The number of nitrogens with zero attached hydrogens (tertiary/aromatic N) is 1. The molecule has 0 radical (unpaired) electrons. The number of nitrogens with one attached hydrogen (secondary N) is 1. The van der Waals surface area contributed by atoms with E-state index in [4.69, 9.17) is 14.2 Å². The highest BCUT2D eigenvalue weighted by Crippen LogP contribution is 2.30. The standard InChI is InChI=1S/C18H17FN2O7/c1-10(22)27-14-7-12(9-26-17(24)11-5-3-2-4-6-11)28-16(14)21-8-13(19)15(23)20-18(21)25/h2-6,8,12,14,16H,7,9H2,1H3,(H,20,23,25)/t12-,14-,16+/m1/s1. The fourth-order valence-corrected chi connectivity index (χ4v) is 2.86. The number of H-pyrrole nitrogens is 1. The first-order valence-electron chi connectivity index (χ1n) is 8.41. The first-order valence-corrected chi connectivity index (χ1v) is 8.41. The average molecular weight is 392 g/mol. The van der Waals surface area contributed by atoms with Crippen molar-refractivity contribution in [3.63, 3.8) is 0 Å². The number of aromatic nitrogens is 2. The third-order valence-corrected chi connectivity index (χ3v) is 4.07. The van der Waals surface area contributed by atoms with Gasteiger partial charge in [0.25, 0.3) is 5.56 Å². The van der Waals surface area contributed by atoms with Gasteiger partial charge in [0.1, 0.15) is 12.7 Å². The van der Waals surface area contributed by atoms with E-state index in [1.54, 1.807) is 30.3 Å². The Bertz CT molecular complexity index is 985. The molecule has 1 aliphatic rings. The van der Waals surface area contributed by atoms with Gasteiger partial charge in [0.2, 0.25) is 5.82 Å². The van der Waals surface area contributed by atoms with Crippen LogP contribution in [0.5, 0.6) is 0 Å². The van der Waals surface area contributed by atoms with E-state index in [9.17, 15) is 23.6 Å². The Morgan fingerprint density at radius 2 is 2.00 bits per heavy atom. The molecule has 28 heavy (non-hydrogen) atoms. The number of carbonyl (C=O) groups is 2. The number of esters is 2. The molecule has 1 fully saturated rings. The lowest BCUT2D eigenvalue weighted by atomic mass is 10.2. The minimum atomic E-state index is -1.19. The van der Waals surface area contributed by atoms with Gasteiger partial charge in [-0.25, -0.2) is 9.59 Å². The Kier molecular flexibility index (Phi) is 5.69. The summed E-state index contributed by atoms with van der Waals surface area (Å²) < 4.78 is 30.4. The number of carbonyl (C=O) groups excluding carboxylic acids is 2. The van der Waals surface area contributed by atoms with E-state index >= 15 is 0 Å². The largest absolute Gasteiger partial charge is 0.459 e. The van der Waals surface area contributed by atoms with Gasteiger partial charge in [-0.3, -0.25) is 19.1 Å². The van der Waals surface area contributed by atoms with Gasteiger partial charge < -0.3 is 14.2 Å². The molecular weight excluding hydrogens is 375 g/mol. The summed E-state index contributed by atoms with van der Waals surface area (Å²) >= 11 is 0. The number of hydrogen-bond donors (Lipinski definition) is 1. The van der Waals surface area contributed by atoms with E-state index in [0.29, 0.717) is 11.8 Å². The zero-order chi connectivity index (χ0) is 20.3. The highest BCUT2D eigenvalue weighted by atomic mass is 19.1. The maximum absolute atomic E-state index is 13.6. The van der Waals surface area contributed by atoms with Crippen LogP contribution in [0.25, 0.3) is 0 Å². The zero-order valence-corrected chi connectivity index (χ0v) is 14.8. The highest BCUT2D eigenvalue weighted by Gasteiger charge is 2.40. The second kappa shape index (κ2) is 8.17. The summed E-state index contributed by atoms with van der Waals surface area (Å²) in [6.45, 7) is 1.01. The molecule has 2 heterocycles. The molecule has 1 aromatic heterocycles. The fourth-order valence-electron chi connectivity index (χ4n) is 2.86. The number of benzene rings is 1. The molecule has 1 aromatic carbocycles. The fraction of sp³-hybridized carbons (Fsp3) is 0.333. The molecule has 0 unspecified atom stereocenters. The monoisotopic (exact) mass is 392 g/mol. The summed E-state index contributed by atoms with van der Waals surface area (Å²) in [6.07, 6.45) is -2.02. The molecule has 9 nitrogen and oxygen atoms in total. The Hall–Kier alpha value is -3.27. The van der Waals surface area contributed by atoms with Crippen LogP contribution in [0.2, 0.25) is 0 Å². The lowest BCUT2D eigenvalue weighted by molar-refractivity contribution is -0.152. The molecule has 1 saturated heterocycles. The quantitative estimate of drug-likeness (QED) is 0.747. The SMILES string of the molecule is CC(=O)O[C@@H]1C[C@H](COC(=O)c2ccccc2)O[C@@H]1n1cc(F)c(=O)[nH]c1=O. The zero-order valence-electron chi connectivity index (χ0n) is 14.8. The molecule has 0 saturated carbocycles. The van der Waals surface area contributed by atoms with E-state index < -0.39 is 47.4 Å². The molecule has 0 amide bonds. The van der Waals surface area contributed by atoms with Gasteiger partial charge in [-0.2, -0.15) is 4.39 Å². The highest BCUT2D eigenvalue weighted by molar-refractivity contribution is 5.89. The van der Waals surface area contributed by atoms with E-state index in [1.165, 1.54) is 6.92 Å². The molecule has 0 aliphatic carbocycles. The van der Waals surface area contributed by atoms with Crippen LogP contribution in [0.15, 0.2) is 46.1 Å². The number of rotatable bonds is 5. The lowest BCUT2D eigenvalue weighted by Crippen LogP contribution is -2.37. The van der Waals surface area contributed by atoms with Crippen molar-refractivity contribution in [3.8, 4) is 0 Å². The molecule has 1 N–H and O–H groups in total. The molecule has 0 spiro atoms. The van der Waals surface area contributed by atoms with Crippen molar-refractivity contribution in [2.45, 2.75) is 31.8 Å². The van der Waals surface area contributed by atoms with Gasteiger partial charge in [0, 0.05) is 13.3 Å². The molecule has 0 bridgehead atoms. The third-order valence-electron chi connectivity index (χ3n) is 4.07. The number of aromatic amines is 1. The minimum Gasteiger partial charge on any atom is -0.459 e. The maximum Gasteiger partial charge on any atom is 0.338 e. The Balaban J connectivity index is 1.75. The van der Waals surface area contributed by atoms with Crippen LogP contribution in [0.4, 0.5) is 4.39 Å². The maximum atomic E-state index is 13.6. The van der Waals surface area contributed by atoms with Crippen molar-refractivity contribution >= 4 is 11.9 Å². The topological polar surface area (TPSA) is 117 Å². The predicted octanol–water partition coefficient (Wildman–Crippen LogP) is 0.752. The van der Waals surface area contributed by atoms with Gasteiger partial charge in [0.05, 0.1) is 17.9 Å². The molecule has 10 heteroatoms. The van der Waals surface area contributed by atoms with Gasteiger partial charge in [-0.15, -0.1) is 0 Å². The summed E-state index contributed by atoms with van der Waals surface area (Å²) in [5.74, 6) is -2.38. The summed E-state index contributed by atoms with van der Waals surface area (Å²) in [7, 11) is 0. The third kappa shape index (κ3) is 4.34. The lowest BCUT2D eigenvalue weighted by Gasteiger charge is -2.20. The first kappa shape index (κ1) is 19.5.